The highest BCUT2D eigenvalue weighted by Gasteiger charge is 2.15. The van der Waals surface area contributed by atoms with Gasteiger partial charge in [-0.05, 0) is 54.6 Å². The van der Waals surface area contributed by atoms with Gasteiger partial charge in [-0.15, -0.1) is 11.3 Å². The molecule has 0 saturated carbocycles. The Bertz CT molecular complexity index is 2100. The molecule has 0 N–H and O–H groups in total. The lowest BCUT2D eigenvalue weighted by atomic mass is 10.1. The van der Waals surface area contributed by atoms with Crippen LogP contribution >= 0.6 is 11.3 Å². The Hall–Kier alpha value is -5.07. The molecule has 0 fully saturated rings. The molecule has 0 aliphatic heterocycles. The Morgan fingerprint density at radius 2 is 1.51 bits per heavy atom. The summed E-state index contributed by atoms with van der Waals surface area (Å²) in [5.41, 5.74) is 8.51. The minimum Gasteiger partial charge on any atom is -0.309 e. The third kappa shape index (κ3) is 3.65. The molecule has 8 aromatic rings. The van der Waals surface area contributed by atoms with Crippen molar-refractivity contribution in [2.75, 3.05) is 0 Å². The first-order chi connectivity index (χ1) is 19.3. The molecule has 8 rings (SSSR count). The summed E-state index contributed by atoms with van der Waals surface area (Å²) in [6.45, 7) is 0. The van der Waals surface area contributed by atoms with Gasteiger partial charge < -0.3 is 4.57 Å². The standard InChI is InChI=1S/C33H21N5S/c1-3-11-30-26(9-1)27-14-13-23(33-36-28-10-2-4-12-32(28)39-33)20-31(27)38(30)25-8-5-7-22(19-25)29-21-24(15-17-34-29)37-18-6-16-35-37/h1-21H. The summed E-state index contributed by atoms with van der Waals surface area (Å²) in [4.78, 5) is 9.61. The molecule has 184 valence electrons. The molecule has 0 unspecified atom stereocenters. The summed E-state index contributed by atoms with van der Waals surface area (Å²) in [5.74, 6) is 0. The van der Waals surface area contributed by atoms with Crippen molar-refractivity contribution in [3.05, 3.63) is 128 Å². The first kappa shape index (κ1) is 22.0. The van der Waals surface area contributed by atoms with Crippen molar-refractivity contribution in [3.8, 4) is 33.2 Å². The zero-order valence-electron chi connectivity index (χ0n) is 20.8. The molecule has 0 aliphatic rings. The third-order valence-corrected chi connectivity index (χ3v) is 8.21. The highest BCUT2D eigenvalue weighted by atomic mass is 32.1. The van der Waals surface area contributed by atoms with Gasteiger partial charge in [0, 0.05) is 46.2 Å². The van der Waals surface area contributed by atoms with E-state index >= 15 is 0 Å². The van der Waals surface area contributed by atoms with E-state index < -0.39 is 0 Å². The predicted molar refractivity (Wildman–Crippen MR) is 160 cm³/mol. The molecule has 4 aromatic heterocycles. The van der Waals surface area contributed by atoms with Crippen molar-refractivity contribution >= 4 is 43.4 Å². The van der Waals surface area contributed by atoms with Crippen molar-refractivity contribution in [1.29, 1.82) is 0 Å². The van der Waals surface area contributed by atoms with Crippen molar-refractivity contribution in [1.82, 2.24) is 24.3 Å². The van der Waals surface area contributed by atoms with Crippen LogP contribution in [0.25, 0.3) is 65.2 Å². The maximum absolute atomic E-state index is 4.92. The third-order valence-electron chi connectivity index (χ3n) is 7.13. The van der Waals surface area contributed by atoms with Crippen molar-refractivity contribution in [3.63, 3.8) is 0 Å². The number of rotatable bonds is 4. The molecule has 0 spiro atoms. The second kappa shape index (κ2) is 8.75. The molecule has 0 saturated heterocycles. The summed E-state index contributed by atoms with van der Waals surface area (Å²) in [7, 11) is 0. The lowest BCUT2D eigenvalue weighted by molar-refractivity contribution is 0.878. The summed E-state index contributed by atoms with van der Waals surface area (Å²) in [6.07, 6.45) is 5.56. The Morgan fingerprint density at radius 3 is 2.44 bits per heavy atom. The second-order valence-corrected chi connectivity index (χ2v) is 10.5. The number of pyridine rings is 1. The summed E-state index contributed by atoms with van der Waals surface area (Å²) in [6, 6.07) is 38.2. The Labute approximate surface area is 228 Å². The van der Waals surface area contributed by atoms with Crippen LogP contribution in [0, 0.1) is 0 Å². The van der Waals surface area contributed by atoms with Gasteiger partial charge in [-0.1, -0.05) is 54.6 Å². The van der Waals surface area contributed by atoms with Crippen LogP contribution in [0.4, 0.5) is 0 Å². The normalized spacial score (nSPS) is 11.6. The maximum atomic E-state index is 4.92. The minimum atomic E-state index is 0.904. The van der Waals surface area contributed by atoms with Crippen LogP contribution in [-0.4, -0.2) is 24.3 Å². The first-order valence-corrected chi connectivity index (χ1v) is 13.6. The number of fused-ring (bicyclic) bond motifs is 4. The fourth-order valence-corrected chi connectivity index (χ4v) is 6.29. The van der Waals surface area contributed by atoms with E-state index in [4.69, 9.17) is 4.98 Å². The summed E-state index contributed by atoms with van der Waals surface area (Å²) < 4.78 is 5.40. The van der Waals surface area contributed by atoms with Crippen LogP contribution < -0.4 is 0 Å². The van der Waals surface area contributed by atoms with Gasteiger partial charge in [0.15, 0.2) is 0 Å². The Morgan fingerprint density at radius 1 is 0.615 bits per heavy atom. The molecular weight excluding hydrogens is 498 g/mol. The first-order valence-electron chi connectivity index (χ1n) is 12.8. The molecule has 39 heavy (non-hydrogen) atoms. The van der Waals surface area contributed by atoms with Crippen LogP contribution in [0.2, 0.25) is 0 Å². The molecule has 0 atom stereocenters. The largest absolute Gasteiger partial charge is 0.309 e. The van der Waals surface area contributed by atoms with Crippen molar-refractivity contribution in [2.24, 2.45) is 0 Å². The molecule has 0 amide bonds. The number of nitrogens with zero attached hydrogens (tertiary/aromatic N) is 5. The quantitative estimate of drug-likeness (QED) is 0.235. The molecule has 5 nitrogen and oxygen atoms in total. The number of thiazole rings is 1. The number of hydrogen-bond acceptors (Lipinski definition) is 4. The number of benzene rings is 4. The van der Waals surface area contributed by atoms with Gasteiger partial charge in [-0.25, -0.2) is 9.67 Å². The van der Waals surface area contributed by atoms with Crippen LogP contribution in [-0.2, 0) is 0 Å². The van der Waals surface area contributed by atoms with Crippen molar-refractivity contribution < 1.29 is 0 Å². The van der Waals surface area contributed by atoms with E-state index in [1.165, 1.54) is 21.0 Å². The topological polar surface area (TPSA) is 48.5 Å². The molecule has 0 radical (unpaired) electrons. The highest BCUT2D eigenvalue weighted by molar-refractivity contribution is 7.21. The van der Waals surface area contributed by atoms with Crippen LogP contribution in [0.5, 0.6) is 0 Å². The molecule has 4 heterocycles. The van der Waals surface area contributed by atoms with Gasteiger partial charge in [0.25, 0.3) is 0 Å². The van der Waals surface area contributed by atoms with Gasteiger partial charge in [-0.3, -0.25) is 4.98 Å². The lowest BCUT2D eigenvalue weighted by Crippen LogP contribution is -1.97. The van der Waals surface area contributed by atoms with Crippen LogP contribution in [0.1, 0.15) is 0 Å². The monoisotopic (exact) mass is 519 g/mol. The van der Waals surface area contributed by atoms with Crippen LogP contribution in [0.3, 0.4) is 0 Å². The zero-order valence-corrected chi connectivity index (χ0v) is 21.6. The van der Waals surface area contributed by atoms with E-state index in [-0.39, 0.29) is 0 Å². The summed E-state index contributed by atoms with van der Waals surface area (Å²) in [5, 5.41) is 7.86. The van der Waals surface area contributed by atoms with Gasteiger partial charge in [0.1, 0.15) is 5.01 Å². The Balaban J connectivity index is 1.31. The SMILES string of the molecule is c1cc(-c2cc(-n3cccn3)ccn2)cc(-n2c3ccccc3c3ccc(-c4nc5ccccc5s4)cc32)c1. The average Bonchev–Trinajstić information content (AvgIpc) is 3.75. The number of para-hydroxylation sites is 2. The molecule has 0 bridgehead atoms. The van der Waals surface area contributed by atoms with Gasteiger partial charge in [-0.2, -0.15) is 5.10 Å². The summed E-state index contributed by atoms with van der Waals surface area (Å²) >= 11 is 1.73. The molecule has 0 aliphatic carbocycles. The van der Waals surface area contributed by atoms with E-state index in [1.54, 1.807) is 17.5 Å². The van der Waals surface area contributed by atoms with E-state index in [0.29, 0.717) is 0 Å². The average molecular weight is 520 g/mol. The zero-order chi connectivity index (χ0) is 25.8. The Kier molecular flexibility index (Phi) is 4.93. The number of hydrogen-bond donors (Lipinski definition) is 0. The van der Waals surface area contributed by atoms with Crippen LogP contribution in [0.15, 0.2) is 128 Å². The van der Waals surface area contributed by atoms with E-state index in [1.807, 2.05) is 35.3 Å². The van der Waals surface area contributed by atoms with E-state index in [2.05, 4.69) is 106 Å². The molecule has 4 aromatic carbocycles. The minimum absolute atomic E-state index is 0.904. The van der Waals surface area contributed by atoms with Gasteiger partial charge >= 0.3 is 0 Å². The predicted octanol–water partition coefficient (Wildman–Crippen LogP) is 8.31. The molecular formula is C33H21N5S. The lowest BCUT2D eigenvalue weighted by Gasteiger charge is -2.11. The highest BCUT2D eigenvalue weighted by Crippen LogP contribution is 2.37. The van der Waals surface area contributed by atoms with Gasteiger partial charge in [0.2, 0.25) is 0 Å². The fourth-order valence-electron chi connectivity index (χ4n) is 5.32. The molecule has 6 heteroatoms. The fraction of sp³-hybridized carbons (Fsp3) is 0. The smallest absolute Gasteiger partial charge is 0.124 e. The second-order valence-electron chi connectivity index (χ2n) is 9.47. The number of aromatic nitrogens is 5. The van der Waals surface area contributed by atoms with E-state index in [9.17, 15) is 0 Å². The van der Waals surface area contributed by atoms with E-state index in [0.717, 1.165) is 44.2 Å². The van der Waals surface area contributed by atoms with Crippen molar-refractivity contribution in [2.45, 2.75) is 0 Å². The van der Waals surface area contributed by atoms with Gasteiger partial charge in [0.05, 0.1) is 32.6 Å². The maximum Gasteiger partial charge on any atom is 0.124 e.